The molecule has 8 heteroatoms. The van der Waals surface area contributed by atoms with Gasteiger partial charge in [-0.2, -0.15) is 5.10 Å². The summed E-state index contributed by atoms with van der Waals surface area (Å²) < 4.78 is 1.82. The molecule has 3 aromatic rings. The quantitative estimate of drug-likeness (QED) is 0.713. The van der Waals surface area contributed by atoms with Gasteiger partial charge in [-0.05, 0) is 18.9 Å². The van der Waals surface area contributed by atoms with Crippen LogP contribution < -0.4 is 4.90 Å². The third kappa shape index (κ3) is 2.87. The third-order valence-corrected chi connectivity index (χ3v) is 4.85. The van der Waals surface area contributed by atoms with Gasteiger partial charge in [0.2, 0.25) is 0 Å². The molecule has 1 saturated heterocycles. The zero-order valence-electron chi connectivity index (χ0n) is 14.9. The van der Waals surface area contributed by atoms with E-state index in [1.165, 1.54) is 0 Å². The number of carbonyl (C=O) groups is 1. The highest BCUT2D eigenvalue weighted by Crippen LogP contribution is 2.30. The predicted molar refractivity (Wildman–Crippen MR) is 97.2 cm³/mol. The predicted octanol–water partition coefficient (Wildman–Crippen LogP) is 1.61. The van der Waals surface area contributed by atoms with Gasteiger partial charge < -0.3 is 9.80 Å². The molecule has 0 aromatic carbocycles. The van der Waals surface area contributed by atoms with Gasteiger partial charge in [0.1, 0.15) is 11.4 Å². The molecule has 26 heavy (non-hydrogen) atoms. The molecule has 0 radical (unpaired) electrons. The Bertz CT molecular complexity index is 914. The Morgan fingerprint density at radius 2 is 1.92 bits per heavy atom. The van der Waals surface area contributed by atoms with Crippen LogP contribution in [0.3, 0.4) is 0 Å². The summed E-state index contributed by atoms with van der Waals surface area (Å²) in [5.41, 5.74) is 2.26. The van der Waals surface area contributed by atoms with Crippen LogP contribution in [0, 0.1) is 0 Å². The van der Waals surface area contributed by atoms with Gasteiger partial charge in [0, 0.05) is 57.4 Å². The molecule has 0 saturated carbocycles. The molecular formula is C18H21N7O. The average molecular weight is 351 g/mol. The van der Waals surface area contributed by atoms with Crippen molar-refractivity contribution in [3.8, 4) is 0 Å². The number of aromatic nitrogens is 5. The number of anilines is 1. The molecule has 8 nitrogen and oxygen atoms in total. The summed E-state index contributed by atoms with van der Waals surface area (Å²) in [5.74, 6) is 1.21. The topological polar surface area (TPSA) is 79.5 Å². The van der Waals surface area contributed by atoms with Crippen LogP contribution in [0.4, 0.5) is 5.82 Å². The molecule has 1 amide bonds. The lowest BCUT2D eigenvalue weighted by Crippen LogP contribution is -2.34. The first-order chi connectivity index (χ1) is 12.6. The van der Waals surface area contributed by atoms with Gasteiger partial charge in [-0.3, -0.25) is 9.78 Å². The molecule has 0 unspecified atom stereocenters. The van der Waals surface area contributed by atoms with E-state index in [0.717, 1.165) is 37.4 Å². The summed E-state index contributed by atoms with van der Waals surface area (Å²) in [6.07, 6.45) is 10.6. The SMILES string of the molecule is CN(C)C(=O)c1cnn2c(C3CCN(c4cnccn4)CC3)ccnc12. The molecule has 4 rings (SSSR count). The minimum absolute atomic E-state index is 0.0814. The van der Waals surface area contributed by atoms with E-state index in [-0.39, 0.29) is 5.91 Å². The molecule has 0 spiro atoms. The molecule has 0 atom stereocenters. The summed E-state index contributed by atoms with van der Waals surface area (Å²) in [6.45, 7) is 1.83. The van der Waals surface area contributed by atoms with Crippen molar-refractivity contribution in [2.75, 3.05) is 32.1 Å². The van der Waals surface area contributed by atoms with Gasteiger partial charge in [0.15, 0.2) is 5.65 Å². The number of amides is 1. The second-order valence-electron chi connectivity index (χ2n) is 6.69. The number of nitrogens with zero attached hydrogens (tertiary/aromatic N) is 7. The Labute approximate surface area is 151 Å². The maximum atomic E-state index is 12.3. The number of hydrogen-bond donors (Lipinski definition) is 0. The fourth-order valence-corrected chi connectivity index (χ4v) is 3.47. The summed E-state index contributed by atoms with van der Waals surface area (Å²) in [7, 11) is 3.47. The van der Waals surface area contributed by atoms with Crippen molar-refractivity contribution in [3.05, 3.63) is 48.3 Å². The van der Waals surface area contributed by atoms with Crippen LogP contribution in [-0.4, -0.2) is 62.6 Å². The van der Waals surface area contributed by atoms with Crippen molar-refractivity contribution >= 4 is 17.4 Å². The normalized spacial score (nSPS) is 15.4. The van der Waals surface area contributed by atoms with Gasteiger partial charge in [-0.1, -0.05) is 0 Å². The van der Waals surface area contributed by atoms with Crippen molar-refractivity contribution in [2.45, 2.75) is 18.8 Å². The molecule has 1 fully saturated rings. The van der Waals surface area contributed by atoms with Gasteiger partial charge in [0.25, 0.3) is 5.91 Å². The Morgan fingerprint density at radius 3 is 2.62 bits per heavy atom. The lowest BCUT2D eigenvalue weighted by molar-refractivity contribution is 0.0829. The minimum atomic E-state index is -0.0814. The third-order valence-electron chi connectivity index (χ3n) is 4.85. The standard InChI is InChI=1S/C18H21N7O/c1-23(2)18(26)14-11-22-25-15(3-6-21-17(14)25)13-4-9-24(10-5-13)16-12-19-7-8-20-16/h3,6-8,11-13H,4-5,9-10H2,1-2H3. The maximum Gasteiger partial charge on any atom is 0.258 e. The maximum absolute atomic E-state index is 12.3. The van der Waals surface area contributed by atoms with Crippen LogP contribution in [0.2, 0.25) is 0 Å². The Balaban J connectivity index is 1.58. The van der Waals surface area contributed by atoms with E-state index in [0.29, 0.717) is 17.1 Å². The summed E-state index contributed by atoms with van der Waals surface area (Å²) in [6, 6.07) is 2.01. The van der Waals surface area contributed by atoms with E-state index < -0.39 is 0 Å². The zero-order valence-corrected chi connectivity index (χ0v) is 14.9. The highest BCUT2D eigenvalue weighted by molar-refractivity contribution is 5.99. The molecule has 134 valence electrons. The summed E-state index contributed by atoms with van der Waals surface area (Å²) >= 11 is 0. The molecule has 4 heterocycles. The number of piperidine rings is 1. The molecule has 0 N–H and O–H groups in total. The molecule has 3 aromatic heterocycles. The van der Waals surface area contributed by atoms with Gasteiger partial charge in [-0.25, -0.2) is 14.5 Å². The fourth-order valence-electron chi connectivity index (χ4n) is 3.47. The van der Waals surface area contributed by atoms with Crippen LogP contribution in [0.15, 0.2) is 37.1 Å². The second-order valence-corrected chi connectivity index (χ2v) is 6.69. The molecule has 0 aliphatic carbocycles. The van der Waals surface area contributed by atoms with Crippen molar-refractivity contribution in [2.24, 2.45) is 0 Å². The van der Waals surface area contributed by atoms with E-state index in [1.807, 2.05) is 10.6 Å². The van der Waals surface area contributed by atoms with Gasteiger partial charge in [0.05, 0.1) is 12.4 Å². The van der Waals surface area contributed by atoms with Crippen molar-refractivity contribution in [1.82, 2.24) is 29.5 Å². The Morgan fingerprint density at radius 1 is 1.12 bits per heavy atom. The van der Waals surface area contributed by atoms with Crippen LogP contribution in [0.1, 0.15) is 34.8 Å². The molecule has 1 aliphatic heterocycles. The van der Waals surface area contributed by atoms with Crippen LogP contribution in [-0.2, 0) is 0 Å². The molecule has 0 bridgehead atoms. The van der Waals surface area contributed by atoms with Crippen molar-refractivity contribution in [1.29, 1.82) is 0 Å². The smallest absolute Gasteiger partial charge is 0.258 e. The molecular weight excluding hydrogens is 330 g/mol. The monoisotopic (exact) mass is 351 g/mol. The fraction of sp³-hybridized carbons (Fsp3) is 0.389. The molecule has 1 aliphatic rings. The minimum Gasteiger partial charge on any atom is -0.355 e. The number of rotatable bonds is 3. The largest absolute Gasteiger partial charge is 0.355 e. The van der Waals surface area contributed by atoms with E-state index >= 15 is 0 Å². The van der Waals surface area contributed by atoms with E-state index in [4.69, 9.17) is 0 Å². The summed E-state index contributed by atoms with van der Waals surface area (Å²) in [4.78, 5) is 29.0. The van der Waals surface area contributed by atoms with Gasteiger partial charge in [-0.15, -0.1) is 0 Å². The lowest BCUT2D eigenvalue weighted by atomic mass is 9.93. The van der Waals surface area contributed by atoms with E-state index in [1.54, 1.807) is 50.0 Å². The first-order valence-electron chi connectivity index (χ1n) is 8.70. The number of fused-ring (bicyclic) bond motifs is 1. The van der Waals surface area contributed by atoms with Gasteiger partial charge >= 0.3 is 0 Å². The Kier molecular flexibility index (Phi) is 4.24. The number of carbonyl (C=O) groups excluding carboxylic acids is 1. The average Bonchev–Trinajstić information content (AvgIpc) is 3.12. The second kappa shape index (κ2) is 6.70. The van der Waals surface area contributed by atoms with Crippen LogP contribution in [0.5, 0.6) is 0 Å². The van der Waals surface area contributed by atoms with Crippen LogP contribution in [0.25, 0.3) is 5.65 Å². The highest BCUT2D eigenvalue weighted by atomic mass is 16.2. The van der Waals surface area contributed by atoms with Crippen LogP contribution >= 0.6 is 0 Å². The van der Waals surface area contributed by atoms with E-state index in [2.05, 4.69) is 25.0 Å². The Hall–Kier alpha value is -3.03. The first kappa shape index (κ1) is 16.4. The first-order valence-corrected chi connectivity index (χ1v) is 8.70. The van der Waals surface area contributed by atoms with Crippen molar-refractivity contribution in [3.63, 3.8) is 0 Å². The summed E-state index contributed by atoms with van der Waals surface area (Å²) in [5, 5.41) is 4.45. The lowest BCUT2D eigenvalue weighted by Gasteiger charge is -2.32. The van der Waals surface area contributed by atoms with E-state index in [9.17, 15) is 4.79 Å². The number of hydrogen-bond acceptors (Lipinski definition) is 6. The highest BCUT2D eigenvalue weighted by Gasteiger charge is 2.25. The zero-order chi connectivity index (χ0) is 18.1. The van der Waals surface area contributed by atoms with Crippen molar-refractivity contribution < 1.29 is 4.79 Å².